The van der Waals surface area contributed by atoms with Crippen molar-refractivity contribution in [2.24, 2.45) is 5.73 Å². The summed E-state index contributed by atoms with van der Waals surface area (Å²) < 4.78 is 16.0. The van der Waals surface area contributed by atoms with Gasteiger partial charge in [0, 0.05) is 18.4 Å². The zero-order chi connectivity index (χ0) is 12.3. The number of nitrogens with two attached hydrogens (primary N) is 1. The lowest BCUT2D eigenvalue weighted by molar-refractivity contribution is 0.614. The molecule has 0 saturated carbocycles. The van der Waals surface area contributed by atoms with Crippen LogP contribution in [0.3, 0.4) is 0 Å². The Hall–Kier alpha value is -1.13. The summed E-state index contributed by atoms with van der Waals surface area (Å²) in [6, 6.07) is 9.11. The third-order valence-electron chi connectivity index (χ3n) is 2.70. The van der Waals surface area contributed by atoms with E-state index in [-0.39, 0.29) is 5.82 Å². The van der Waals surface area contributed by atoms with E-state index >= 15 is 0 Å². The molecular weight excluding hydrogens is 283 g/mol. The van der Waals surface area contributed by atoms with Crippen LogP contribution in [0.1, 0.15) is 11.3 Å². The first-order chi connectivity index (χ1) is 8.22. The third kappa shape index (κ3) is 2.76. The lowest BCUT2D eigenvalue weighted by Gasteiger charge is -2.10. The maximum Gasteiger partial charge on any atom is 0.137 e. The second-order valence-electron chi connectivity index (χ2n) is 3.88. The Morgan fingerprint density at radius 2 is 2.06 bits per heavy atom. The molecule has 2 nitrogen and oxygen atoms in total. The molecule has 0 aliphatic carbocycles. The number of halogens is 2. The highest BCUT2D eigenvalue weighted by molar-refractivity contribution is 9.10. The number of nitrogens with zero attached hydrogens (tertiary/aromatic N) is 1. The summed E-state index contributed by atoms with van der Waals surface area (Å²) in [7, 11) is 0. The van der Waals surface area contributed by atoms with E-state index in [2.05, 4.69) is 20.5 Å². The van der Waals surface area contributed by atoms with Crippen molar-refractivity contribution in [3.63, 3.8) is 0 Å². The zero-order valence-corrected chi connectivity index (χ0v) is 11.0. The molecule has 1 heterocycles. The van der Waals surface area contributed by atoms with Crippen molar-refractivity contribution >= 4 is 15.9 Å². The molecule has 0 radical (unpaired) electrons. The topological polar surface area (TPSA) is 30.9 Å². The van der Waals surface area contributed by atoms with E-state index in [1.807, 2.05) is 24.4 Å². The van der Waals surface area contributed by atoms with Gasteiger partial charge in [0.2, 0.25) is 0 Å². The summed E-state index contributed by atoms with van der Waals surface area (Å²) in [6.45, 7) is 1.27. The molecule has 4 heteroatoms. The summed E-state index contributed by atoms with van der Waals surface area (Å²) >= 11 is 3.28. The monoisotopic (exact) mass is 296 g/mol. The number of aromatic nitrogens is 1. The van der Waals surface area contributed by atoms with E-state index in [4.69, 9.17) is 5.73 Å². The van der Waals surface area contributed by atoms with Gasteiger partial charge in [0.15, 0.2) is 0 Å². The number of benzene rings is 1. The Balaban J connectivity index is 2.25. The lowest BCUT2D eigenvalue weighted by Crippen LogP contribution is -2.09. The molecule has 17 heavy (non-hydrogen) atoms. The van der Waals surface area contributed by atoms with E-state index in [0.29, 0.717) is 17.6 Å². The van der Waals surface area contributed by atoms with Gasteiger partial charge in [-0.2, -0.15) is 0 Å². The van der Waals surface area contributed by atoms with E-state index in [0.717, 1.165) is 12.0 Å². The summed E-state index contributed by atoms with van der Waals surface area (Å²) in [5.74, 6) is -0.227. The van der Waals surface area contributed by atoms with Crippen LogP contribution in [0.5, 0.6) is 0 Å². The molecule has 0 amide bonds. The van der Waals surface area contributed by atoms with Crippen molar-refractivity contribution in [3.8, 4) is 0 Å². The highest BCUT2D eigenvalue weighted by Gasteiger charge is 2.07. The quantitative estimate of drug-likeness (QED) is 0.924. The molecule has 0 spiro atoms. The van der Waals surface area contributed by atoms with Crippen molar-refractivity contribution in [2.45, 2.75) is 13.0 Å². The average molecular weight is 297 g/mol. The Morgan fingerprint density at radius 3 is 2.82 bits per heavy atom. The molecule has 2 aromatic rings. The number of hydrogen-bond acceptors (Lipinski definition) is 1. The second kappa shape index (κ2) is 5.47. The van der Waals surface area contributed by atoms with Crippen LogP contribution in [0, 0.1) is 5.82 Å². The SMILES string of the molecule is NCCc1cccn1Cc1cccc(F)c1Br. The van der Waals surface area contributed by atoms with Gasteiger partial charge < -0.3 is 10.3 Å². The average Bonchev–Trinajstić information content (AvgIpc) is 2.73. The molecule has 2 N–H and O–H groups in total. The van der Waals surface area contributed by atoms with Crippen molar-refractivity contribution in [1.29, 1.82) is 0 Å². The predicted octanol–water partition coefficient (Wildman–Crippen LogP) is 2.94. The molecule has 0 aliphatic heterocycles. The van der Waals surface area contributed by atoms with Gasteiger partial charge >= 0.3 is 0 Å². The molecule has 1 aromatic carbocycles. The van der Waals surface area contributed by atoms with Crippen LogP contribution >= 0.6 is 15.9 Å². The molecule has 1 aromatic heterocycles. The highest BCUT2D eigenvalue weighted by atomic mass is 79.9. The van der Waals surface area contributed by atoms with Gasteiger partial charge in [-0.25, -0.2) is 4.39 Å². The van der Waals surface area contributed by atoms with Gasteiger partial charge in [0.25, 0.3) is 0 Å². The van der Waals surface area contributed by atoms with E-state index in [1.54, 1.807) is 6.07 Å². The van der Waals surface area contributed by atoms with Crippen molar-refractivity contribution < 1.29 is 4.39 Å². The zero-order valence-electron chi connectivity index (χ0n) is 9.37. The molecule has 0 fully saturated rings. The first kappa shape index (κ1) is 12.3. The maximum atomic E-state index is 13.4. The molecule has 2 rings (SSSR count). The van der Waals surface area contributed by atoms with Crippen LogP contribution in [0.2, 0.25) is 0 Å². The largest absolute Gasteiger partial charge is 0.347 e. The number of rotatable bonds is 4. The predicted molar refractivity (Wildman–Crippen MR) is 70.4 cm³/mol. The van der Waals surface area contributed by atoms with Crippen LogP contribution in [-0.4, -0.2) is 11.1 Å². The van der Waals surface area contributed by atoms with E-state index < -0.39 is 0 Å². The van der Waals surface area contributed by atoms with Gasteiger partial charge in [0.05, 0.1) is 4.47 Å². The Labute approximate surface area is 108 Å². The van der Waals surface area contributed by atoms with Gasteiger partial charge in [-0.15, -0.1) is 0 Å². The fourth-order valence-corrected chi connectivity index (χ4v) is 2.22. The van der Waals surface area contributed by atoms with Crippen LogP contribution in [0.25, 0.3) is 0 Å². The standard InChI is InChI=1S/C13H14BrFN2/c14-13-10(3-1-5-12(13)15)9-17-8-2-4-11(17)6-7-16/h1-5,8H,6-7,9,16H2. The summed E-state index contributed by atoms with van der Waals surface area (Å²) in [5.41, 5.74) is 7.65. The van der Waals surface area contributed by atoms with Gasteiger partial charge in [0.1, 0.15) is 5.82 Å². The van der Waals surface area contributed by atoms with Crippen LogP contribution < -0.4 is 5.73 Å². The Bertz CT molecular complexity index is 508. The van der Waals surface area contributed by atoms with Gasteiger partial charge in [-0.05, 0) is 52.7 Å². The second-order valence-corrected chi connectivity index (χ2v) is 4.67. The summed E-state index contributed by atoms with van der Waals surface area (Å²) in [6.07, 6.45) is 2.82. The summed E-state index contributed by atoms with van der Waals surface area (Å²) in [4.78, 5) is 0. The molecule has 0 aliphatic rings. The van der Waals surface area contributed by atoms with E-state index in [1.165, 1.54) is 11.8 Å². The Morgan fingerprint density at radius 1 is 1.24 bits per heavy atom. The molecule has 0 atom stereocenters. The minimum atomic E-state index is -0.227. The Kier molecular flexibility index (Phi) is 3.97. The van der Waals surface area contributed by atoms with Crippen molar-refractivity contribution in [2.75, 3.05) is 6.54 Å². The third-order valence-corrected chi connectivity index (χ3v) is 3.58. The van der Waals surface area contributed by atoms with Gasteiger partial charge in [-0.3, -0.25) is 0 Å². The fraction of sp³-hybridized carbons (Fsp3) is 0.231. The first-order valence-corrected chi connectivity index (χ1v) is 6.28. The van der Waals surface area contributed by atoms with Gasteiger partial charge in [-0.1, -0.05) is 12.1 Å². The minimum absolute atomic E-state index is 0.227. The van der Waals surface area contributed by atoms with Crippen molar-refractivity contribution in [3.05, 3.63) is 58.1 Å². The molecular formula is C13H14BrFN2. The first-order valence-electron chi connectivity index (χ1n) is 5.49. The lowest BCUT2D eigenvalue weighted by atomic mass is 10.2. The number of hydrogen-bond donors (Lipinski definition) is 1. The van der Waals surface area contributed by atoms with Crippen molar-refractivity contribution in [1.82, 2.24) is 4.57 Å². The van der Waals surface area contributed by atoms with Crippen LogP contribution in [0.4, 0.5) is 4.39 Å². The minimum Gasteiger partial charge on any atom is -0.347 e. The highest BCUT2D eigenvalue weighted by Crippen LogP contribution is 2.21. The summed E-state index contributed by atoms with van der Waals surface area (Å²) in [5, 5.41) is 0. The molecule has 90 valence electrons. The molecule has 0 bridgehead atoms. The molecule has 0 unspecified atom stereocenters. The fourth-order valence-electron chi connectivity index (χ4n) is 1.83. The normalized spacial score (nSPS) is 10.8. The van der Waals surface area contributed by atoms with Crippen LogP contribution in [-0.2, 0) is 13.0 Å². The molecule has 0 saturated heterocycles. The maximum absolute atomic E-state index is 13.4. The van der Waals surface area contributed by atoms with Crippen LogP contribution in [0.15, 0.2) is 41.0 Å². The smallest absolute Gasteiger partial charge is 0.137 e. The van der Waals surface area contributed by atoms with E-state index in [9.17, 15) is 4.39 Å².